The van der Waals surface area contributed by atoms with E-state index in [9.17, 15) is 8.42 Å². The molecule has 15 heavy (non-hydrogen) atoms. The van der Waals surface area contributed by atoms with Crippen LogP contribution in [0.25, 0.3) is 0 Å². The average Bonchev–Trinajstić information content (AvgIpc) is 2.94. The second-order valence-corrected chi connectivity index (χ2v) is 8.62. The summed E-state index contributed by atoms with van der Waals surface area (Å²) < 4.78 is 23.0. The molecule has 1 rings (SSSR count). The molecule has 0 radical (unpaired) electrons. The Bertz CT molecular complexity index is 281. The summed E-state index contributed by atoms with van der Waals surface area (Å²) in [7, 11) is -2.82. The first-order valence-electron chi connectivity index (χ1n) is 5.79. The zero-order valence-electron chi connectivity index (χ0n) is 9.58. The Kier molecular flexibility index (Phi) is 5.10. The highest BCUT2D eigenvalue weighted by Gasteiger charge is 2.28. The van der Waals surface area contributed by atoms with Gasteiger partial charge in [0.15, 0.2) is 9.84 Å². The van der Waals surface area contributed by atoms with Crippen LogP contribution in [0.15, 0.2) is 0 Å². The van der Waals surface area contributed by atoms with Gasteiger partial charge in [0.05, 0.1) is 11.0 Å². The number of hydrogen-bond acceptors (Lipinski definition) is 2. The molecule has 90 valence electrons. The van der Waals surface area contributed by atoms with Gasteiger partial charge in [0, 0.05) is 4.83 Å². The van der Waals surface area contributed by atoms with Crippen molar-refractivity contribution in [3.8, 4) is 0 Å². The Labute approximate surface area is 102 Å². The molecular formula is C11H21BrO2S. The fraction of sp³-hybridized carbons (Fsp3) is 1.00. The quantitative estimate of drug-likeness (QED) is 0.534. The molecule has 1 aliphatic rings. The van der Waals surface area contributed by atoms with Gasteiger partial charge in [-0.05, 0) is 45.4 Å². The first kappa shape index (κ1) is 13.5. The number of unbranched alkanes of at least 4 members (excludes halogenated alkanes) is 1. The Morgan fingerprint density at radius 1 is 1.27 bits per heavy atom. The third-order valence-corrected chi connectivity index (χ3v) is 6.51. The van der Waals surface area contributed by atoms with Gasteiger partial charge in [0.1, 0.15) is 0 Å². The van der Waals surface area contributed by atoms with Crippen molar-refractivity contribution in [1.82, 2.24) is 0 Å². The molecule has 1 atom stereocenters. The maximum atomic E-state index is 11.5. The molecule has 4 heteroatoms. The van der Waals surface area contributed by atoms with Crippen LogP contribution in [-0.2, 0) is 9.84 Å². The second-order valence-electron chi connectivity index (χ2n) is 4.76. The molecule has 0 spiro atoms. The van der Waals surface area contributed by atoms with Gasteiger partial charge in [-0.2, -0.15) is 0 Å². The van der Waals surface area contributed by atoms with E-state index in [1.165, 1.54) is 12.8 Å². The van der Waals surface area contributed by atoms with Crippen molar-refractivity contribution in [1.29, 1.82) is 0 Å². The van der Waals surface area contributed by atoms with Gasteiger partial charge >= 0.3 is 0 Å². The maximum absolute atomic E-state index is 11.5. The summed E-state index contributed by atoms with van der Waals surface area (Å²) in [5, 5.41) is -0.222. The minimum Gasteiger partial charge on any atom is -0.229 e. The van der Waals surface area contributed by atoms with Crippen LogP contribution in [0.1, 0.15) is 46.0 Å². The number of halogens is 1. The van der Waals surface area contributed by atoms with E-state index in [4.69, 9.17) is 0 Å². The molecule has 1 aliphatic carbocycles. The number of sulfone groups is 1. The highest BCUT2D eigenvalue weighted by atomic mass is 79.9. The fourth-order valence-electron chi connectivity index (χ4n) is 1.57. The van der Waals surface area contributed by atoms with Crippen LogP contribution in [-0.4, -0.2) is 24.2 Å². The second kappa shape index (κ2) is 5.67. The highest BCUT2D eigenvalue weighted by molar-refractivity contribution is 9.09. The summed E-state index contributed by atoms with van der Waals surface area (Å²) in [6.07, 6.45) is 5.66. The van der Waals surface area contributed by atoms with Crippen LogP contribution in [0.4, 0.5) is 0 Å². The van der Waals surface area contributed by atoms with E-state index < -0.39 is 9.84 Å². The van der Waals surface area contributed by atoms with Crippen molar-refractivity contribution < 1.29 is 8.42 Å². The minimum atomic E-state index is -2.82. The normalized spacial score (nSPS) is 19.5. The zero-order valence-corrected chi connectivity index (χ0v) is 12.0. The molecule has 0 amide bonds. The number of alkyl halides is 1. The highest BCUT2D eigenvalue weighted by Crippen LogP contribution is 2.38. The van der Waals surface area contributed by atoms with Crippen molar-refractivity contribution in [2.24, 2.45) is 5.92 Å². The van der Waals surface area contributed by atoms with Gasteiger partial charge in [-0.15, -0.1) is 0 Å². The smallest absolute Gasteiger partial charge is 0.152 e. The predicted molar refractivity (Wildman–Crippen MR) is 68.2 cm³/mol. The Hall–Kier alpha value is 0.430. The SMILES string of the molecule is CC(C)S(=O)(=O)CCCCC(Br)C1CC1. The third-order valence-electron chi connectivity index (χ3n) is 3.01. The van der Waals surface area contributed by atoms with Crippen molar-refractivity contribution in [3.05, 3.63) is 0 Å². The molecule has 0 aromatic carbocycles. The molecule has 0 aliphatic heterocycles. The molecule has 1 saturated carbocycles. The standard InChI is InChI=1S/C11H21BrO2S/c1-9(2)15(13,14)8-4-3-5-11(12)10-6-7-10/h9-11H,3-8H2,1-2H3. The molecular weight excluding hydrogens is 276 g/mol. The lowest BCUT2D eigenvalue weighted by molar-refractivity contribution is 0.578. The van der Waals surface area contributed by atoms with Gasteiger partial charge in [0.25, 0.3) is 0 Å². The van der Waals surface area contributed by atoms with Crippen molar-refractivity contribution in [2.75, 3.05) is 5.75 Å². The average molecular weight is 297 g/mol. The van der Waals surface area contributed by atoms with Gasteiger partial charge in [-0.1, -0.05) is 22.4 Å². The van der Waals surface area contributed by atoms with E-state index in [1.54, 1.807) is 13.8 Å². The van der Waals surface area contributed by atoms with Crippen LogP contribution in [0, 0.1) is 5.92 Å². The molecule has 0 aromatic heterocycles. The summed E-state index contributed by atoms with van der Waals surface area (Å²) in [5.74, 6) is 1.22. The van der Waals surface area contributed by atoms with Crippen LogP contribution in [0.5, 0.6) is 0 Å². The topological polar surface area (TPSA) is 34.1 Å². The van der Waals surface area contributed by atoms with E-state index in [0.29, 0.717) is 10.6 Å². The third kappa shape index (κ3) is 4.85. The van der Waals surface area contributed by atoms with Gasteiger partial charge in [-0.25, -0.2) is 8.42 Å². The molecule has 0 heterocycles. The van der Waals surface area contributed by atoms with E-state index in [2.05, 4.69) is 15.9 Å². The minimum absolute atomic E-state index is 0.222. The predicted octanol–water partition coefficient (Wildman–Crippen LogP) is 3.15. The van der Waals surface area contributed by atoms with Crippen molar-refractivity contribution in [2.45, 2.75) is 56.0 Å². The number of rotatable bonds is 7. The van der Waals surface area contributed by atoms with Crippen molar-refractivity contribution >= 4 is 25.8 Å². The van der Waals surface area contributed by atoms with Crippen LogP contribution in [0.3, 0.4) is 0 Å². The zero-order chi connectivity index (χ0) is 11.5. The lowest BCUT2D eigenvalue weighted by Crippen LogP contribution is -2.17. The Morgan fingerprint density at radius 2 is 1.87 bits per heavy atom. The van der Waals surface area contributed by atoms with Gasteiger partial charge in [0.2, 0.25) is 0 Å². The first-order valence-corrected chi connectivity index (χ1v) is 8.42. The van der Waals surface area contributed by atoms with Crippen LogP contribution in [0.2, 0.25) is 0 Å². The molecule has 0 bridgehead atoms. The lowest BCUT2D eigenvalue weighted by atomic mass is 10.1. The fourth-order valence-corrected chi connectivity index (χ4v) is 3.50. The summed E-state index contributed by atoms with van der Waals surface area (Å²) in [6, 6.07) is 0. The Balaban J connectivity index is 2.10. The van der Waals surface area contributed by atoms with E-state index in [0.717, 1.165) is 25.2 Å². The molecule has 1 unspecified atom stereocenters. The lowest BCUT2D eigenvalue weighted by Gasteiger charge is -2.09. The van der Waals surface area contributed by atoms with Crippen molar-refractivity contribution in [3.63, 3.8) is 0 Å². The van der Waals surface area contributed by atoms with Crippen LogP contribution >= 0.6 is 15.9 Å². The molecule has 0 saturated heterocycles. The number of hydrogen-bond donors (Lipinski definition) is 0. The monoisotopic (exact) mass is 296 g/mol. The van der Waals surface area contributed by atoms with Gasteiger partial charge < -0.3 is 0 Å². The largest absolute Gasteiger partial charge is 0.229 e. The summed E-state index contributed by atoms with van der Waals surface area (Å²) in [6.45, 7) is 3.51. The summed E-state index contributed by atoms with van der Waals surface area (Å²) in [4.78, 5) is 0.624. The van der Waals surface area contributed by atoms with E-state index in [1.807, 2.05) is 0 Å². The summed E-state index contributed by atoms with van der Waals surface area (Å²) >= 11 is 3.66. The molecule has 2 nitrogen and oxygen atoms in total. The molecule has 0 aromatic rings. The van der Waals surface area contributed by atoms with E-state index >= 15 is 0 Å². The Morgan fingerprint density at radius 3 is 2.33 bits per heavy atom. The van der Waals surface area contributed by atoms with Crippen LogP contribution < -0.4 is 0 Å². The van der Waals surface area contributed by atoms with E-state index in [-0.39, 0.29) is 5.25 Å². The maximum Gasteiger partial charge on any atom is 0.152 e. The summed E-state index contributed by atoms with van der Waals surface area (Å²) in [5.41, 5.74) is 0. The first-order chi connectivity index (χ1) is 6.93. The van der Waals surface area contributed by atoms with Gasteiger partial charge in [-0.3, -0.25) is 0 Å². The molecule has 1 fully saturated rings. The molecule has 0 N–H and O–H groups in total.